The van der Waals surface area contributed by atoms with Crippen molar-refractivity contribution in [3.63, 3.8) is 0 Å². The third kappa shape index (κ3) is 3.24. The van der Waals surface area contributed by atoms with Crippen molar-refractivity contribution in [1.29, 1.82) is 0 Å². The standard InChI is InChI=1S/C13H16BrN3OS/c1-9-15-13(18-16-9)10-4-6-17(7-5-10)8-11-2-3-12(14)19-11/h2-3,10H,4-8H2,1H3. The van der Waals surface area contributed by atoms with E-state index in [1.807, 2.05) is 18.3 Å². The van der Waals surface area contributed by atoms with Gasteiger partial charge in [-0.05, 0) is 60.9 Å². The van der Waals surface area contributed by atoms with Crippen LogP contribution < -0.4 is 0 Å². The van der Waals surface area contributed by atoms with Crippen LogP contribution in [-0.4, -0.2) is 28.1 Å². The second-order valence-corrected chi connectivity index (χ2v) is 7.48. The predicted octanol–water partition coefficient (Wildman–Crippen LogP) is 3.58. The first kappa shape index (κ1) is 13.3. The Morgan fingerprint density at radius 1 is 1.42 bits per heavy atom. The van der Waals surface area contributed by atoms with Crippen molar-refractivity contribution < 1.29 is 4.52 Å². The molecule has 0 aromatic carbocycles. The minimum Gasteiger partial charge on any atom is -0.339 e. The molecule has 0 aliphatic carbocycles. The van der Waals surface area contributed by atoms with Crippen LogP contribution in [0.1, 0.15) is 35.4 Å². The summed E-state index contributed by atoms with van der Waals surface area (Å²) in [5.74, 6) is 1.99. The smallest absolute Gasteiger partial charge is 0.229 e. The molecule has 6 heteroatoms. The van der Waals surface area contributed by atoms with Crippen LogP contribution in [-0.2, 0) is 6.54 Å². The van der Waals surface area contributed by atoms with Gasteiger partial charge in [0.15, 0.2) is 5.82 Å². The van der Waals surface area contributed by atoms with Gasteiger partial charge in [0.05, 0.1) is 3.79 Å². The molecule has 19 heavy (non-hydrogen) atoms. The van der Waals surface area contributed by atoms with Crippen molar-refractivity contribution in [3.8, 4) is 0 Å². The minimum absolute atomic E-state index is 0.438. The van der Waals surface area contributed by atoms with E-state index in [0.717, 1.165) is 44.2 Å². The maximum Gasteiger partial charge on any atom is 0.229 e. The average Bonchev–Trinajstić information content (AvgIpc) is 3.00. The fraction of sp³-hybridized carbons (Fsp3) is 0.538. The van der Waals surface area contributed by atoms with E-state index in [0.29, 0.717) is 5.92 Å². The summed E-state index contributed by atoms with van der Waals surface area (Å²) in [6.07, 6.45) is 2.21. The average molecular weight is 342 g/mol. The van der Waals surface area contributed by atoms with Gasteiger partial charge in [-0.25, -0.2) is 0 Å². The Morgan fingerprint density at radius 2 is 2.21 bits per heavy atom. The zero-order valence-corrected chi connectivity index (χ0v) is 13.2. The summed E-state index contributed by atoms with van der Waals surface area (Å²) in [6, 6.07) is 4.32. The Bertz CT molecular complexity index is 546. The Balaban J connectivity index is 1.54. The summed E-state index contributed by atoms with van der Waals surface area (Å²) in [6.45, 7) is 5.12. The molecule has 0 radical (unpaired) electrons. The molecule has 0 atom stereocenters. The van der Waals surface area contributed by atoms with Gasteiger partial charge >= 0.3 is 0 Å². The number of rotatable bonds is 3. The highest BCUT2D eigenvalue weighted by molar-refractivity contribution is 9.11. The van der Waals surface area contributed by atoms with E-state index in [4.69, 9.17) is 4.52 Å². The SMILES string of the molecule is Cc1noc(C2CCN(Cc3ccc(Br)s3)CC2)n1. The minimum atomic E-state index is 0.438. The molecule has 4 nitrogen and oxygen atoms in total. The van der Waals surface area contributed by atoms with Crippen molar-refractivity contribution in [2.24, 2.45) is 0 Å². The van der Waals surface area contributed by atoms with Crippen LogP contribution >= 0.6 is 27.3 Å². The van der Waals surface area contributed by atoms with Gasteiger partial charge in [0, 0.05) is 17.3 Å². The lowest BCUT2D eigenvalue weighted by atomic mass is 9.97. The quantitative estimate of drug-likeness (QED) is 0.855. The van der Waals surface area contributed by atoms with Crippen LogP contribution in [0.2, 0.25) is 0 Å². The first-order valence-corrected chi connectivity index (χ1v) is 8.08. The zero-order valence-electron chi connectivity index (χ0n) is 10.8. The number of piperidine rings is 1. The van der Waals surface area contributed by atoms with Crippen LogP contribution in [0.15, 0.2) is 20.4 Å². The van der Waals surface area contributed by atoms with Gasteiger partial charge in [-0.1, -0.05) is 5.16 Å². The van der Waals surface area contributed by atoms with Crippen LogP contribution in [0.3, 0.4) is 0 Å². The highest BCUT2D eigenvalue weighted by Gasteiger charge is 2.24. The molecule has 2 aromatic heterocycles. The summed E-state index contributed by atoms with van der Waals surface area (Å²) >= 11 is 5.33. The number of hydrogen-bond acceptors (Lipinski definition) is 5. The number of halogens is 1. The second kappa shape index (κ2) is 5.73. The van der Waals surface area contributed by atoms with Crippen LogP contribution in [0.5, 0.6) is 0 Å². The topological polar surface area (TPSA) is 42.2 Å². The summed E-state index contributed by atoms with van der Waals surface area (Å²) < 4.78 is 6.48. The number of nitrogens with zero attached hydrogens (tertiary/aromatic N) is 3. The van der Waals surface area contributed by atoms with Crippen molar-refractivity contribution in [3.05, 3.63) is 32.5 Å². The molecule has 0 saturated carbocycles. The molecule has 0 bridgehead atoms. The van der Waals surface area contributed by atoms with E-state index in [2.05, 4.69) is 43.1 Å². The molecule has 102 valence electrons. The lowest BCUT2D eigenvalue weighted by molar-refractivity contribution is 0.189. The second-order valence-electron chi connectivity index (χ2n) is 4.94. The fourth-order valence-electron chi connectivity index (χ4n) is 2.47. The Hall–Kier alpha value is -0.720. The summed E-state index contributed by atoms with van der Waals surface area (Å²) in [7, 11) is 0. The number of thiophene rings is 1. The maximum atomic E-state index is 5.28. The summed E-state index contributed by atoms with van der Waals surface area (Å²) in [4.78, 5) is 8.26. The Kier molecular flexibility index (Phi) is 4.00. The zero-order chi connectivity index (χ0) is 13.2. The molecule has 1 aliphatic rings. The van der Waals surface area contributed by atoms with Gasteiger partial charge in [0.1, 0.15) is 0 Å². The number of likely N-dealkylation sites (tertiary alicyclic amines) is 1. The van der Waals surface area contributed by atoms with Gasteiger partial charge in [-0.3, -0.25) is 4.90 Å². The molecule has 3 heterocycles. The molecule has 2 aromatic rings. The van der Waals surface area contributed by atoms with E-state index in [1.165, 1.54) is 8.66 Å². The monoisotopic (exact) mass is 341 g/mol. The molecule has 0 N–H and O–H groups in total. The lowest BCUT2D eigenvalue weighted by Crippen LogP contribution is -2.32. The molecule has 1 fully saturated rings. The first-order chi connectivity index (χ1) is 9.20. The first-order valence-electron chi connectivity index (χ1n) is 6.47. The normalized spacial score (nSPS) is 18.0. The molecular formula is C13H16BrN3OS. The molecule has 0 spiro atoms. The van der Waals surface area contributed by atoms with Crippen molar-refractivity contribution in [2.45, 2.75) is 32.2 Å². The highest BCUT2D eigenvalue weighted by atomic mass is 79.9. The van der Waals surface area contributed by atoms with E-state index in [9.17, 15) is 0 Å². The van der Waals surface area contributed by atoms with E-state index in [1.54, 1.807) is 0 Å². The van der Waals surface area contributed by atoms with Crippen LogP contribution in [0.25, 0.3) is 0 Å². The summed E-state index contributed by atoms with van der Waals surface area (Å²) in [5, 5.41) is 3.88. The van der Waals surface area contributed by atoms with Crippen LogP contribution in [0, 0.1) is 6.92 Å². The Labute approximate surface area is 124 Å². The fourth-order valence-corrected chi connectivity index (χ4v) is 4.00. The highest BCUT2D eigenvalue weighted by Crippen LogP contribution is 2.29. The van der Waals surface area contributed by atoms with Gasteiger partial charge in [0.2, 0.25) is 5.89 Å². The van der Waals surface area contributed by atoms with Gasteiger partial charge in [-0.2, -0.15) is 4.98 Å². The van der Waals surface area contributed by atoms with Crippen molar-refractivity contribution in [1.82, 2.24) is 15.0 Å². The third-order valence-electron chi connectivity index (χ3n) is 3.49. The molecule has 0 amide bonds. The molecule has 1 saturated heterocycles. The van der Waals surface area contributed by atoms with Crippen molar-refractivity contribution in [2.75, 3.05) is 13.1 Å². The predicted molar refractivity (Wildman–Crippen MR) is 78.3 cm³/mol. The van der Waals surface area contributed by atoms with Gasteiger partial charge in [0.25, 0.3) is 0 Å². The number of aryl methyl sites for hydroxylation is 1. The number of aromatic nitrogens is 2. The molecule has 0 unspecified atom stereocenters. The van der Waals surface area contributed by atoms with E-state index < -0.39 is 0 Å². The van der Waals surface area contributed by atoms with E-state index in [-0.39, 0.29) is 0 Å². The van der Waals surface area contributed by atoms with E-state index >= 15 is 0 Å². The Morgan fingerprint density at radius 3 is 2.79 bits per heavy atom. The van der Waals surface area contributed by atoms with Crippen molar-refractivity contribution >= 4 is 27.3 Å². The van der Waals surface area contributed by atoms with Crippen LogP contribution in [0.4, 0.5) is 0 Å². The maximum absolute atomic E-state index is 5.28. The molecule has 1 aliphatic heterocycles. The van der Waals surface area contributed by atoms with Gasteiger partial charge in [-0.15, -0.1) is 11.3 Å². The molecule has 3 rings (SSSR count). The van der Waals surface area contributed by atoms with Gasteiger partial charge < -0.3 is 4.52 Å². The largest absolute Gasteiger partial charge is 0.339 e. The third-order valence-corrected chi connectivity index (χ3v) is 5.10. The number of hydrogen-bond donors (Lipinski definition) is 0. The lowest BCUT2D eigenvalue weighted by Gasteiger charge is -2.29. The molecular weight excluding hydrogens is 326 g/mol. The summed E-state index contributed by atoms with van der Waals surface area (Å²) in [5.41, 5.74) is 0.